The fourth-order valence-electron chi connectivity index (χ4n) is 5.31. The largest absolute Gasteiger partial charge is 0.457 e. The molecule has 4 rings (SSSR count). The third-order valence-corrected chi connectivity index (χ3v) is 7.34. The molecule has 1 saturated carbocycles. The van der Waals surface area contributed by atoms with Crippen molar-refractivity contribution in [2.75, 3.05) is 26.7 Å². The van der Waals surface area contributed by atoms with Gasteiger partial charge in [-0.05, 0) is 18.4 Å². The Morgan fingerprint density at radius 2 is 1.97 bits per heavy atom. The number of nitrogens with zero attached hydrogens (tertiary/aromatic N) is 2. The highest BCUT2D eigenvalue weighted by Crippen LogP contribution is 2.41. The zero-order valence-corrected chi connectivity index (χ0v) is 17.8. The lowest BCUT2D eigenvalue weighted by molar-refractivity contribution is -0.921. The van der Waals surface area contributed by atoms with Crippen molar-refractivity contribution in [3.05, 3.63) is 53.9 Å². The summed E-state index contributed by atoms with van der Waals surface area (Å²) in [6.45, 7) is 2.34. The van der Waals surface area contributed by atoms with Crippen LogP contribution in [0.3, 0.4) is 0 Å². The molecule has 3 atom stereocenters. The van der Waals surface area contributed by atoms with Crippen LogP contribution in [0.4, 0.5) is 0 Å². The van der Waals surface area contributed by atoms with Crippen LogP contribution in [0.25, 0.3) is 0 Å². The average Bonchev–Trinajstić information content (AvgIpc) is 3.53. The second-order valence-corrected chi connectivity index (χ2v) is 9.18. The molecule has 1 aliphatic carbocycles. The first-order valence-electron chi connectivity index (χ1n) is 11.2. The number of aromatic nitrogens is 1. The number of rotatable bonds is 8. The van der Waals surface area contributed by atoms with E-state index in [2.05, 4.69) is 12.2 Å². The fraction of sp³-hybridized carbons (Fsp3) is 0.583. The summed E-state index contributed by atoms with van der Waals surface area (Å²) in [5.74, 6) is -0.570. The zero-order valence-electron chi connectivity index (χ0n) is 17.8. The van der Waals surface area contributed by atoms with E-state index in [-0.39, 0.29) is 12.0 Å². The molecule has 2 aromatic rings. The smallest absolute Gasteiger partial charge is 0.343 e. The number of likely N-dealkylation sites (tertiary alicyclic amines) is 1. The third kappa shape index (κ3) is 4.16. The first-order valence-corrected chi connectivity index (χ1v) is 11.2. The van der Waals surface area contributed by atoms with Crippen LogP contribution in [0.1, 0.15) is 49.8 Å². The molecule has 6 heteroatoms. The minimum Gasteiger partial charge on any atom is -0.457 e. The van der Waals surface area contributed by atoms with Crippen LogP contribution in [-0.2, 0) is 21.6 Å². The molecule has 1 aliphatic heterocycles. The summed E-state index contributed by atoms with van der Waals surface area (Å²) in [6.07, 6.45) is 8.39. The topological polar surface area (TPSA) is 72.6 Å². The van der Waals surface area contributed by atoms with E-state index in [4.69, 9.17) is 9.26 Å². The van der Waals surface area contributed by atoms with Crippen LogP contribution in [0.15, 0.2) is 47.2 Å². The minimum atomic E-state index is -1.56. The van der Waals surface area contributed by atoms with Gasteiger partial charge >= 0.3 is 5.97 Å². The lowest BCUT2D eigenvalue weighted by Crippen LogP contribution is -2.52. The molecule has 0 amide bonds. The van der Waals surface area contributed by atoms with Crippen LogP contribution in [-0.4, -0.2) is 53.5 Å². The summed E-state index contributed by atoms with van der Waals surface area (Å²) >= 11 is 0. The Balaban J connectivity index is 1.43. The van der Waals surface area contributed by atoms with Gasteiger partial charge in [0.1, 0.15) is 18.9 Å². The van der Waals surface area contributed by atoms with E-state index in [0.29, 0.717) is 12.2 Å². The molecule has 162 valence electrons. The third-order valence-electron chi connectivity index (χ3n) is 7.34. The first-order chi connectivity index (χ1) is 14.5. The molecule has 2 unspecified atom stereocenters. The van der Waals surface area contributed by atoms with E-state index < -0.39 is 11.6 Å². The summed E-state index contributed by atoms with van der Waals surface area (Å²) in [5.41, 5.74) is 0.0498. The predicted octanol–water partition coefficient (Wildman–Crippen LogP) is 3.45. The normalized spacial score (nSPS) is 26.5. The van der Waals surface area contributed by atoms with Gasteiger partial charge in [-0.15, -0.1) is 0 Å². The number of aliphatic hydroxyl groups is 1. The van der Waals surface area contributed by atoms with Crippen LogP contribution in [0, 0.1) is 5.92 Å². The van der Waals surface area contributed by atoms with Gasteiger partial charge in [0.15, 0.2) is 5.60 Å². The summed E-state index contributed by atoms with van der Waals surface area (Å²) < 4.78 is 11.6. The maximum Gasteiger partial charge on any atom is 0.343 e. The van der Waals surface area contributed by atoms with Gasteiger partial charge in [-0.2, -0.15) is 0 Å². The lowest BCUT2D eigenvalue weighted by atomic mass is 9.80. The van der Waals surface area contributed by atoms with Crippen molar-refractivity contribution in [3.8, 4) is 0 Å². The molecular formula is C24H33N2O4+. The number of ether oxygens (including phenoxy) is 1. The molecule has 2 aliphatic rings. The van der Waals surface area contributed by atoms with E-state index in [9.17, 15) is 9.90 Å². The highest BCUT2D eigenvalue weighted by Gasteiger charge is 2.48. The van der Waals surface area contributed by atoms with E-state index >= 15 is 0 Å². The van der Waals surface area contributed by atoms with Gasteiger partial charge in [-0.1, -0.05) is 48.3 Å². The van der Waals surface area contributed by atoms with Gasteiger partial charge in [0.2, 0.25) is 0 Å². The van der Waals surface area contributed by atoms with Crippen molar-refractivity contribution < 1.29 is 23.6 Å². The second-order valence-electron chi connectivity index (χ2n) is 9.18. The summed E-state index contributed by atoms with van der Waals surface area (Å²) in [7, 11) is 2.23. The van der Waals surface area contributed by atoms with Gasteiger partial charge in [-0.25, -0.2) is 4.79 Å². The van der Waals surface area contributed by atoms with Crippen molar-refractivity contribution in [2.45, 2.75) is 56.6 Å². The van der Waals surface area contributed by atoms with E-state index in [1.807, 2.05) is 36.4 Å². The number of esters is 1. The Labute approximate surface area is 178 Å². The molecular weight excluding hydrogens is 380 g/mol. The highest BCUT2D eigenvalue weighted by atomic mass is 16.6. The van der Waals surface area contributed by atoms with Gasteiger partial charge in [-0.3, -0.25) is 0 Å². The molecule has 1 saturated heterocycles. The van der Waals surface area contributed by atoms with Crippen LogP contribution in [0.5, 0.6) is 0 Å². The Bertz CT molecular complexity index is 819. The second kappa shape index (κ2) is 8.90. The molecule has 0 spiro atoms. The van der Waals surface area contributed by atoms with E-state index in [1.165, 1.54) is 0 Å². The van der Waals surface area contributed by atoms with Crippen molar-refractivity contribution in [1.82, 2.24) is 5.16 Å². The Hall–Kier alpha value is -2.18. The lowest BCUT2D eigenvalue weighted by Gasteiger charge is -2.37. The van der Waals surface area contributed by atoms with Crippen molar-refractivity contribution >= 4 is 5.97 Å². The van der Waals surface area contributed by atoms with Gasteiger partial charge < -0.3 is 18.8 Å². The molecule has 2 fully saturated rings. The molecule has 30 heavy (non-hydrogen) atoms. The van der Waals surface area contributed by atoms with Crippen LogP contribution < -0.4 is 0 Å². The maximum atomic E-state index is 13.3. The number of likely N-dealkylation sites (N-methyl/N-ethyl adjacent to an activating group) is 1. The van der Waals surface area contributed by atoms with Gasteiger partial charge in [0.25, 0.3) is 0 Å². The minimum absolute atomic E-state index is 0.0796. The molecule has 0 bridgehead atoms. The van der Waals surface area contributed by atoms with E-state index in [1.54, 1.807) is 6.26 Å². The predicted molar refractivity (Wildman–Crippen MR) is 112 cm³/mol. The Morgan fingerprint density at radius 1 is 1.20 bits per heavy atom. The summed E-state index contributed by atoms with van der Waals surface area (Å²) in [6, 6.07) is 11.5. The summed E-state index contributed by atoms with van der Waals surface area (Å²) in [5, 5.41) is 15.6. The number of quaternary nitrogens is 1. The van der Waals surface area contributed by atoms with Gasteiger partial charge in [0.05, 0.1) is 25.8 Å². The van der Waals surface area contributed by atoms with Crippen molar-refractivity contribution in [1.29, 1.82) is 0 Å². The molecule has 0 radical (unpaired) electrons. The molecule has 1 aromatic heterocycles. The number of hydrogen-bond donors (Lipinski definition) is 1. The zero-order chi connectivity index (χ0) is 21.0. The number of benzene rings is 1. The number of carbonyl (C=O) groups is 1. The quantitative estimate of drug-likeness (QED) is 0.530. The SMILES string of the molecule is C[N@+]1(CCc2ccon2)CCCC1COC(=O)C(O)(c1ccccc1)C1CCCC1. The van der Waals surface area contributed by atoms with Crippen molar-refractivity contribution in [3.63, 3.8) is 0 Å². The van der Waals surface area contributed by atoms with Crippen molar-refractivity contribution in [2.24, 2.45) is 5.92 Å². The number of carbonyl (C=O) groups excluding carboxylic acids is 1. The van der Waals surface area contributed by atoms with E-state index in [0.717, 1.165) is 68.2 Å². The molecule has 6 nitrogen and oxygen atoms in total. The summed E-state index contributed by atoms with van der Waals surface area (Å²) in [4.78, 5) is 13.3. The number of hydrogen-bond acceptors (Lipinski definition) is 5. The van der Waals surface area contributed by atoms with Crippen LogP contribution >= 0.6 is 0 Å². The molecule has 1 N–H and O–H groups in total. The van der Waals surface area contributed by atoms with Crippen LogP contribution in [0.2, 0.25) is 0 Å². The maximum absolute atomic E-state index is 13.3. The average molecular weight is 414 g/mol. The Morgan fingerprint density at radius 3 is 2.67 bits per heavy atom. The highest BCUT2D eigenvalue weighted by molar-refractivity contribution is 5.81. The van der Waals surface area contributed by atoms with Gasteiger partial charge in [0, 0.05) is 31.2 Å². The Kier molecular flexibility index (Phi) is 6.25. The monoisotopic (exact) mass is 413 g/mol. The standard InChI is InChI=1S/C24H33N2O4/c1-26(16-13-21-14-17-30-25-21)15-7-12-22(26)18-29-23(27)24(28,20-10-5-6-11-20)19-8-3-2-4-9-19/h2-4,8-9,14,17,20,22,28H,5-7,10-13,15-16,18H2,1H3/q+1/t22?,24?,26-/m1/s1. The first kappa shape index (κ1) is 21.1. The fourth-order valence-corrected chi connectivity index (χ4v) is 5.31. The molecule has 2 heterocycles. The molecule has 1 aromatic carbocycles.